The Balaban J connectivity index is 1.05. The highest BCUT2D eigenvalue weighted by Gasteiger charge is 2.25. The van der Waals surface area contributed by atoms with Gasteiger partial charge in [0.2, 0.25) is 11.8 Å². The number of hydrogen-bond donors (Lipinski definition) is 2. The van der Waals surface area contributed by atoms with E-state index in [4.69, 9.17) is 4.74 Å². The summed E-state index contributed by atoms with van der Waals surface area (Å²) in [7, 11) is 1.90. The molecule has 2 saturated heterocycles. The van der Waals surface area contributed by atoms with Crippen molar-refractivity contribution in [3.63, 3.8) is 0 Å². The van der Waals surface area contributed by atoms with E-state index in [1.807, 2.05) is 73.5 Å². The number of carbonyl (C=O) groups is 3. The molecule has 3 amide bonds. The molecule has 2 aromatic rings. The molecule has 2 fully saturated rings. The van der Waals surface area contributed by atoms with Crippen LogP contribution in [0.4, 0.5) is 10.5 Å². The average molecular weight is 606 g/mol. The van der Waals surface area contributed by atoms with Gasteiger partial charge in [-0.2, -0.15) is 0 Å². The summed E-state index contributed by atoms with van der Waals surface area (Å²) in [5.74, 6) is 0.577. The van der Waals surface area contributed by atoms with Crippen molar-refractivity contribution in [3.05, 3.63) is 54.6 Å². The number of hydrogen-bond acceptors (Lipinski definition) is 6. The van der Waals surface area contributed by atoms with Gasteiger partial charge in [0.15, 0.2) is 0 Å². The number of para-hydroxylation sites is 1. The van der Waals surface area contributed by atoms with Gasteiger partial charge in [-0.1, -0.05) is 55.0 Å². The normalized spacial score (nSPS) is 16.8. The topological polar surface area (TPSA) is 94.2 Å². The van der Waals surface area contributed by atoms with Gasteiger partial charge in [0.25, 0.3) is 0 Å². The van der Waals surface area contributed by atoms with Gasteiger partial charge in [0, 0.05) is 57.7 Å². The quantitative estimate of drug-likeness (QED) is 0.287. The number of nitrogens with one attached hydrogen (secondary N) is 2. The monoisotopic (exact) mass is 605 g/mol. The average Bonchev–Trinajstić information content (AvgIpc) is 3.05. The van der Waals surface area contributed by atoms with E-state index in [9.17, 15) is 14.4 Å². The van der Waals surface area contributed by atoms with E-state index < -0.39 is 6.09 Å². The second-order valence-electron chi connectivity index (χ2n) is 12.1. The Morgan fingerprint density at radius 1 is 0.841 bits per heavy atom. The van der Waals surface area contributed by atoms with E-state index in [1.165, 1.54) is 0 Å². The molecule has 0 bridgehead atoms. The highest BCUT2D eigenvalue weighted by atomic mass is 16.6. The molecule has 0 atom stereocenters. The van der Waals surface area contributed by atoms with Crippen LogP contribution in [0, 0.1) is 5.92 Å². The first-order chi connectivity index (χ1) is 21.4. The fourth-order valence-electron chi connectivity index (χ4n) is 6.14. The number of unbranched alkanes of at least 4 members (excludes halogenated alkanes) is 2. The number of likely N-dealkylation sites (tertiary alicyclic amines) is 2. The van der Waals surface area contributed by atoms with Crippen LogP contribution in [-0.4, -0.2) is 98.1 Å². The molecule has 2 aliphatic heterocycles. The molecule has 0 radical (unpaired) electrons. The number of nitrogens with zero attached hydrogens (tertiary/aromatic N) is 3. The van der Waals surface area contributed by atoms with Gasteiger partial charge in [-0.25, -0.2) is 4.79 Å². The summed E-state index contributed by atoms with van der Waals surface area (Å²) in [6.07, 6.45) is 6.59. The first kappa shape index (κ1) is 33.5. The number of carbonyl (C=O) groups excluding carboxylic acids is 3. The third-order valence-corrected chi connectivity index (χ3v) is 8.91. The summed E-state index contributed by atoms with van der Waals surface area (Å²) in [6, 6.07) is 17.8. The smallest absolute Gasteiger partial charge is 0.411 e. The van der Waals surface area contributed by atoms with E-state index in [2.05, 4.69) is 20.4 Å². The third-order valence-electron chi connectivity index (χ3n) is 8.91. The Labute approximate surface area is 263 Å². The minimum Gasteiger partial charge on any atom is -0.446 e. The summed E-state index contributed by atoms with van der Waals surface area (Å²) in [5.41, 5.74) is 2.75. The molecule has 9 heteroatoms. The summed E-state index contributed by atoms with van der Waals surface area (Å²) in [4.78, 5) is 44.0. The number of piperidine rings is 2. The number of likely N-dealkylation sites (N-methyl/N-ethyl adjacent to an activating group) is 1. The molecule has 0 aromatic heterocycles. The minimum atomic E-state index is -0.418. The first-order valence-electron chi connectivity index (χ1n) is 16.5. The number of benzene rings is 2. The van der Waals surface area contributed by atoms with Crippen molar-refractivity contribution in [3.8, 4) is 11.1 Å². The number of ether oxygens (including phenoxy) is 1. The Kier molecular flexibility index (Phi) is 13.5. The van der Waals surface area contributed by atoms with E-state index >= 15 is 0 Å². The van der Waals surface area contributed by atoms with Gasteiger partial charge in [0.05, 0.1) is 5.69 Å². The number of rotatable bonds is 14. The zero-order valence-corrected chi connectivity index (χ0v) is 26.6. The van der Waals surface area contributed by atoms with Gasteiger partial charge in [-0.3, -0.25) is 14.9 Å². The Morgan fingerprint density at radius 2 is 1.50 bits per heavy atom. The van der Waals surface area contributed by atoms with Gasteiger partial charge in [-0.15, -0.1) is 0 Å². The van der Waals surface area contributed by atoms with Crippen LogP contribution in [-0.2, 0) is 14.3 Å². The maximum absolute atomic E-state index is 12.7. The van der Waals surface area contributed by atoms with Crippen molar-refractivity contribution >= 4 is 23.6 Å². The SMILES string of the molecule is CCNC(=O)C1CCN(CCCCCC(=O)N(C)CCN2CCC(OC(=O)Nc3ccccc3-c3ccccc3)CC2)CC1. The first-order valence-corrected chi connectivity index (χ1v) is 16.5. The standard InChI is InChI=1S/C35H51N5O4/c1-3-36-34(42)29-17-22-39(23-18-29)21-11-5-8-16-33(41)38(2)26-27-40-24-19-30(20-25-40)44-35(43)37-32-15-10-9-14-31(32)28-12-6-4-7-13-28/h4,6-7,9-10,12-15,29-30H,3,5,8,11,16-27H2,1-2H3,(H,36,42)(H,37,43). The van der Waals surface area contributed by atoms with Crippen LogP contribution in [0.1, 0.15) is 58.3 Å². The van der Waals surface area contributed by atoms with Crippen molar-refractivity contribution in [2.24, 2.45) is 5.92 Å². The molecule has 44 heavy (non-hydrogen) atoms. The molecule has 0 unspecified atom stereocenters. The molecule has 2 aromatic carbocycles. The van der Waals surface area contributed by atoms with Crippen LogP contribution in [0.25, 0.3) is 11.1 Å². The Morgan fingerprint density at radius 3 is 2.23 bits per heavy atom. The third kappa shape index (κ3) is 10.6. The van der Waals surface area contributed by atoms with Crippen LogP contribution in [0.5, 0.6) is 0 Å². The van der Waals surface area contributed by atoms with Crippen LogP contribution >= 0.6 is 0 Å². The summed E-state index contributed by atoms with van der Waals surface area (Å²) < 4.78 is 5.76. The predicted molar refractivity (Wildman–Crippen MR) is 175 cm³/mol. The summed E-state index contributed by atoms with van der Waals surface area (Å²) in [5, 5.41) is 5.88. The second kappa shape index (κ2) is 17.8. The largest absolute Gasteiger partial charge is 0.446 e. The zero-order valence-electron chi connectivity index (χ0n) is 26.6. The molecule has 0 aliphatic carbocycles. The molecule has 2 N–H and O–H groups in total. The van der Waals surface area contributed by atoms with Crippen molar-refractivity contribution in [2.45, 2.75) is 64.4 Å². The molecule has 4 rings (SSSR count). The molecular formula is C35H51N5O4. The lowest BCUT2D eigenvalue weighted by Crippen LogP contribution is -2.42. The van der Waals surface area contributed by atoms with E-state index in [1.54, 1.807) is 0 Å². The fraction of sp³-hybridized carbons (Fsp3) is 0.571. The van der Waals surface area contributed by atoms with Crippen LogP contribution in [0.15, 0.2) is 54.6 Å². The predicted octanol–water partition coefficient (Wildman–Crippen LogP) is 5.23. The van der Waals surface area contributed by atoms with Gasteiger partial charge < -0.3 is 24.8 Å². The van der Waals surface area contributed by atoms with Crippen molar-refractivity contribution < 1.29 is 19.1 Å². The Bertz CT molecular complexity index is 1180. The molecular weight excluding hydrogens is 554 g/mol. The molecule has 2 heterocycles. The number of amides is 3. The highest BCUT2D eigenvalue weighted by Crippen LogP contribution is 2.28. The molecule has 2 aliphatic rings. The van der Waals surface area contributed by atoms with Crippen LogP contribution < -0.4 is 10.6 Å². The van der Waals surface area contributed by atoms with Crippen molar-refractivity contribution in [1.29, 1.82) is 0 Å². The van der Waals surface area contributed by atoms with Gasteiger partial charge in [-0.05, 0) is 76.7 Å². The zero-order chi connectivity index (χ0) is 31.1. The molecule has 240 valence electrons. The fourth-order valence-corrected chi connectivity index (χ4v) is 6.14. The maximum atomic E-state index is 12.7. The second-order valence-corrected chi connectivity index (χ2v) is 12.1. The lowest BCUT2D eigenvalue weighted by molar-refractivity contribution is -0.130. The van der Waals surface area contributed by atoms with Crippen LogP contribution in [0.3, 0.4) is 0 Å². The van der Waals surface area contributed by atoms with Crippen molar-refractivity contribution in [2.75, 3.05) is 64.7 Å². The summed E-state index contributed by atoms with van der Waals surface area (Å²) in [6.45, 7) is 8.94. The molecule has 0 saturated carbocycles. The molecule has 9 nitrogen and oxygen atoms in total. The Hall–Kier alpha value is -3.43. The van der Waals surface area contributed by atoms with Crippen molar-refractivity contribution in [1.82, 2.24) is 20.0 Å². The van der Waals surface area contributed by atoms with Crippen LogP contribution in [0.2, 0.25) is 0 Å². The summed E-state index contributed by atoms with van der Waals surface area (Å²) >= 11 is 0. The highest BCUT2D eigenvalue weighted by molar-refractivity contribution is 5.91. The minimum absolute atomic E-state index is 0.110. The number of anilines is 1. The van der Waals surface area contributed by atoms with E-state index in [0.717, 1.165) is 101 Å². The molecule has 0 spiro atoms. The van der Waals surface area contributed by atoms with E-state index in [0.29, 0.717) is 19.5 Å². The van der Waals surface area contributed by atoms with E-state index in [-0.39, 0.29) is 23.8 Å². The van der Waals surface area contributed by atoms with Gasteiger partial charge in [0.1, 0.15) is 6.10 Å². The lowest BCUT2D eigenvalue weighted by Gasteiger charge is -2.32. The van der Waals surface area contributed by atoms with Gasteiger partial charge >= 0.3 is 6.09 Å². The lowest BCUT2D eigenvalue weighted by atomic mass is 9.95. The maximum Gasteiger partial charge on any atom is 0.411 e.